The summed E-state index contributed by atoms with van der Waals surface area (Å²) in [5.41, 5.74) is 5.47. The molecule has 3 heteroatoms. The number of hydrogen-bond donors (Lipinski definition) is 0. The molecule has 0 amide bonds. The largest absolute Gasteiger partial charge is 0.463 e. The van der Waals surface area contributed by atoms with E-state index in [9.17, 15) is 4.79 Å². The van der Waals surface area contributed by atoms with E-state index in [-0.39, 0.29) is 11.9 Å². The van der Waals surface area contributed by atoms with E-state index < -0.39 is 0 Å². The van der Waals surface area contributed by atoms with Crippen molar-refractivity contribution in [1.82, 2.24) is 0 Å². The summed E-state index contributed by atoms with van der Waals surface area (Å²) in [5, 5.41) is 0. The van der Waals surface area contributed by atoms with Gasteiger partial charge in [0.05, 0.1) is 12.2 Å². The van der Waals surface area contributed by atoms with Gasteiger partial charge in [-0.05, 0) is 33.3 Å². The molecule has 0 unspecified atom stereocenters. The second-order valence-corrected chi connectivity index (χ2v) is 5.52. The van der Waals surface area contributed by atoms with Gasteiger partial charge in [-0.25, -0.2) is 4.79 Å². The van der Waals surface area contributed by atoms with Crippen LogP contribution in [-0.4, -0.2) is 12.6 Å². The molecular formula is C18H15IO2. The Morgan fingerprint density at radius 1 is 1.10 bits per heavy atom. The minimum atomic E-state index is -0.233. The Balaban J connectivity index is 2.16. The number of halogens is 1. The molecule has 3 rings (SSSR count). The Labute approximate surface area is 138 Å². The predicted octanol–water partition coefficient (Wildman–Crippen LogP) is 4.68. The average molecular weight is 390 g/mol. The molecule has 2 aromatic carbocycles. The average Bonchev–Trinajstić information content (AvgIpc) is 2.84. The minimum Gasteiger partial charge on any atom is -0.463 e. The molecule has 2 nitrogen and oxygen atoms in total. The third kappa shape index (κ3) is 2.39. The van der Waals surface area contributed by atoms with Crippen LogP contribution >= 0.6 is 22.6 Å². The van der Waals surface area contributed by atoms with E-state index >= 15 is 0 Å². The summed E-state index contributed by atoms with van der Waals surface area (Å²) in [4.78, 5) is 12.3. The Hall–Kier alpha value is -1.62. The van der Waals surface area contributed by atoms with Crippen molar-refractivity contribution in [2.45, 2.75) is 12.8 Å². The van der Waals surface area contributed by atoms with Crippen LogP contribution in [0, 0.1) is 0 Å². The van der Waals surface area contributed by atoms with Gasteiger partial charge in [0.2, 0.25) is 0 Å². The van der Waals surface area contributed by atoms with Gasteiger partial charge in [-0.15, -0.1) is 0 Å². The second kappa shape index (κ2) is 6.02. The first kappa shape index (κ1) is 14.3. The van der Waals surface area contributed by atoms with Crippen molar-refractivity contribution < 1.29 is 9.53 Å². The molecule has 0 aromatic heterocycles. The van der Waals surface area contributed by atoms with Crippen molar-refractivity contribution >= 4 is 28.6 Å². The summed E-state index contributed by atoms with van der Waals surface area (Å²) in [6.07, 6.45) is 0. The Morgan fingerprint density at radius 3 is 2.10 bits per heavy atom. The zero-order chi connectivity index (χ0) is 14.8. The van der Waals surface area contributed by atoms with Gasteiger partial charge in [0, 0.05) is 5.92 Å². The molecule has 1 aliphatic carbocycles. The van der Waals surface area contributed by atoms with Crippen molar-refractivity contribution in [3.8, 4) is 11.1 Å². The molecule has 106 valence electrons. The lowest BCUT2D eigenvalue weighted by atomic mass is 9.90. The van der Waals surface area contributed by atoms with E-state index in [1.807, 2.05) is 35.3 Å². The van der Waals surface area contributed by atoms with Crippen molar-refractivity contribution in [2.24, 2.45) is 0 Å². The lowest BCUT2D eigenvalue weighted by Crippen LogP contribution is -2.14. The smallest absolute Gasteiger partial charge is 0.335 e. The molecular weight excluding hydrogens is 375 g/mol. The normalized spacial score (nSPS) is 13.7. The lowest BCUT2D eigenvalue weighted by molar-refractivity contribution is -0.138. The molecule has 0 atom stereocenters. The van der Waals surface area contributed by atoms with E-state index in [0.29, 0.717) is 12.2 Å². The van der Waals surface area contributed by atoms with Crippen molar-refractivity contribution in [2.75, 3.05) is 6.61 Å². The van der Waals surface area contributed by atoms with Gasteiger partial charge >= 0.3 is 5.97 Å². The van der Waals surface area contributed by atoms with Gasteiger partial charge in [-0.1, -0.05) is 71.1 Å². The Morgan fingerprint density at radius 2 is 1.62 bits per heavy atom. The summed E-state index contributed by atoms with van der Waals surface area (Å²) in [6, 6.07) is 16.5. The minimum absolute atomic E-state index is 0.0339. The van der Waals surface area contributed by atoms with Crippen LogP contribution in [0.4, 0.5) is 0 Å². The highest BCUT2D eigenvalue weighted by molar-refractivity contribution is 14.1. The SMILES string of the molecule is CCOC(=O)/C(=C\I)C1c2ccccc2-c2ccccc21. The van der Waals surface area contributed by atoms with Gasteiger partial charge in [0.1, 0.15) is 0 Å². The van der Waals surface area contributed by atoms with E-state index in [1.54, 1.807) is 0 Å². The molecule has 0 heterocycles. The summed E-state index contributed by atoms with van der Waals surface area (Å²) >= 11 is 2.13. The number of carbonyl (C=O) groups excluding carboxylic acids is 1. The van der Waals surface area contributed by atoms with Crippen LogP contribution in [0.3, 0.4) is 0 Å². The molecule has 0 N–H and O–H groups in total. The summed E-state index contributed by atoms with van der Waals surface area (Å²) in [6.45, 7) is 2.22. The first-order valence-corrected chi connectivity index (χ1v) is 8.18. The molecule has 1 aliphatic rings. The number of fused-ring (bicyclic) bond motifs is 3. The summed E-state index contributed by atoms with van der Waals surface area (Å²) in [7, 11) is 0. The third-order valence-corrected chi connectivity index (χ3v) is 4.44. The number of hydrogen-bond acceptors (Lipinski definition) is 2. The Bertz CT molecular complexity index is 673. The van der Waals surface area contributed by atoms with Crippen molar-refractivity contribution in [3.63, 3.8) is 0 Å². The lowest BCUT2D eigenvalue weighted by Gasteiger charge is -2.16. The number of rotatable bonds is 3. The summed E-state index contributed by atoms with van der Waals surface area (Å²) in [5.74, 6) is -0.267. The van der Waals surface area contributed by atoms with Crippen molar-refractivity contribution in [3.05, 3.63) is 69.3 Å². The summed E-state index contributed by atoms with van der Waals surface area (Å²) < 4.78 is 7.07. The molecule has 0 saturated heterocycles. The van der Waals surface area contributed by atoms with E-state index in [0.717, 1.165) is 0 Å². The fraction of sp³-hybridized carbons (Fsp3) is 0.167. The monoisotopic (exact) mass is 390 g/mol. The zero-order valence-corrected chi connectivity index (χ0v) is 13.8. The first-order valence-electron chi connectivity index (χ1n) is 6.93. The van der Waals surface area contributed by atoms with Crippen LogP contribution in [0.1, 0.15) is 24.0 Å². The maximum absolute atomic E-state index is 12.3. The molecule has 0 fully saturated rings. The topological polar surface area (TPSA) is 26.3 Å². The van der Waals surface area contributed by atoms with Crippen LogP contribution in [0.15, 0.2) is 58.2 Å². The number of benzene rings is 2. The molecule has 21 heavy (non-hydrogen) atoms. The van der Waals surface area contributed by atoms with Gasteiger partial charge in [0.15, 0.2) is 0 Å². The highest BCUT2D eigenvalue weighted by Crippen LogP contribution is 2.48. The molecule has 0 aliphatic heterocycles. The van der Waals surface area contributed by atoms with Gasteiger partial charge in [0.25, 0.3) is 0 Å². The first-order chi connectivity index (χ1) is 10.3. The second-order valence-electron chi connectivity index (χ2n) is 4.89. The van der Waals surface area contributed by atoms with Gasteiger partial charge in [-0.3, -0.25) is 0 Å². The van der Waals surface area contributed by atoms with Crippen LogP contribution in [0.2, 0.25) is 0 Å². The molecule has 0 radical (unpaired) electrons. The van der Waals surface area contributed by atoms with E-state index in [2.05, 4.69) is 46.9 Å². The molecule has 0 spiro atoms. The fourth-order valence-corrected chi connectivity index (χ4v) is 3.54. The van der Waals surface area contributed by atoms with Gasteiger partial charge in [-0.2, -0.15) is 0 Å². The van der Waals surface area contributed by atoms with Crippen molar-refractivity contribution in [1.29, 1.82) is 0 Å². The molecule has 0 saturated carbocycles. The third-order valence-electron chi connectivity index (χ3n) is 3.77. The number of esters is 1. The van der Waals surface area contributed by atoms with Gasteiger partial charge < -0.3 is 4.74 Å². The van der Waals surface area contributed by atoms with Crippen LogP contribution < -0.4 is 0 Å². The molecule has 0 bridgehead atoms. The predicted molar refractivity (Wildman–Crippen MR) is 92.5 cm³/mol. The number of ether oxygens (including phenoxy) is 1. The zero-order valence-electron chi connectivity index (χ0n) is 11.7. The van der Waals surface area contributed by atoms with E-state index in [1.165, 1.54) is 22.3 Å². The van der Waals surface area contributed by atoms with Crippen LogP contribution in [0.5, 0.6) is 0 Å². The standard InChI is InChI=1S/C18H15IO2/c1-2-21-18(20)16(11-19)17-14-9-5-3-7-12(14)13-8-4-6-10-15(13)17/h3-11,17H,2H2,1H3/b16-11-. The maximum Gasteiger partial charge on any atom is 0.335 e. The van der Waals surface area contributed by atoms with Crippen LogP contribution in [-0.2, 0) is 9.53 Å². The Kier molecular flexibility index (Phi) is 4.10. The maximum atomic E-state index is 12.3. The number of carbonyl (C=O) groups is 1. The fourth-order valence-electron chi connectivity index (χ4n) is 2.93. The highest BCUT2D eigenvalue weighted by atomic mass is 127. The van der Waals surface area contributed by atoms with E-state index in [4.69, 9.17) is 4.74 Å². The van der Waals surface area contributed by atoms with Crippen LogP contribution in [0.25, 0.3) is 11.1 Å². The molecule has 2 aromatic rings. The highest BCUT2D eigenvalue weighted by Gasteiger charge is 2.33. The quantitative estimate of drug-likeness (QED) is 0.432.